The summed E-state index contributed by atoms with van der Waals surface area (Å²) < 4.78 is 0. The molecule has 1 aromatic rings. The van der Waals surface area contributed by atoms with Crippen LogP contribution in [0.1, 0.15) is 27.2 Å². The van der Waals surface area contributed by atoms with E-state index in [4.69, 9.17) is 0 Å². The molecule has 0 radical (unpaired) electrons. The highest BCUT2D eigenvalue weighted by molar-refractivity contribution is 5.56. The van der Waals surface area contributed by atoms with Crippen LogP contribution in [0, 0.1) is 10.1 Å². The summed E-state index contributed by atoms with van der Waals surface area (Å²) >= 11 is 0. The van der Waals surface area contributed by atoms with Gasteiger partial charge in [-0.25, -0.2) is 4.98 Å². The van der Waals surface area contributed by atoms with E-state index in [1.807, 2.05) is 11.9 Å². The van der Waals surface area contributed by atoms with E-state index in [2.05, 4.69) is 31.1 Å². The van der Waals surface area contributed by atoms with Crippen LogP contribution in [0.2, 0.25) is 0 Å². The zero-order chi connectivity index (χ0) is 13.9. The number of pyridine rings is 1. The Hall–Kier alpha value is -1.85. The fourth-order valence-corrected chi connectivity index (χ4v) is 1.45. The van der Waals surface area contributed by atoms with E-state index in [1.165, 1.54) is 12.1 Å². The smallest absolute Gasteiger partial charge is 0.276 e. The zero-order valence-corrected chi connectivity index (χ0v) is 11.5. The van der Waals surface area contributed by atoms with Crippen molar-refractivity contribution in [2.24, 2.45) is 0 Å². The minimum absolute atomic E-state index is 0.0445. The predicted octanol–water partition coefficient (Wildman–Crippen LogP) is 2.66. The lowest BCUT2D eigenvalue weighted by Gasteiger charge is -2.35. The zero-order valence-electron chi connectivity index (χ0n) is 11.5. The van der Waals surface area contributed by atoms with Gasteiger partial charge in [0.2, 0.25) is 0 Å². The first kappa shape index (κ1) is 14.2. The molecule has 0 aromatic carbocycles. The lowest BCUT2D eigenvalue weighted by atomic mass is 10.00. The second kappa shape index (κ2) is 5.20. The van der Waals surface area contributed by atoms with Crippen molar-refractivity contribution in [3.63, 3.8) is 0 Å². The van der Waals surface area contributed by atoms with Crippen LogP contribution in [0.15, 0.2) is 12.1 Å². The summed E-state index contributed by atoms with van der Waals surface area (Å²) in [6.45, 7) is 6.23. The normalized spacial score (nSPS) is 11.2. The first-order chi connectivity index (χ1) is 8.31. The number of nitro groups is 1. The van der Waals surface area contributed by atoms with Crippen LogP contribution >= 0.6 is 0 Å². The van der Waals surface area contributed by atoms with Gasteiger partial charge < -0.3 is 10.2 Å². The van der Waals surface area contributed by atoms with Crippen molar-refractivity contribution in [3.8, 4) is 0 Å². The lowest BCUT2D eigenvalue weighted by Crippen LogP contribution is -2.41. The molecular weight excluding hydrogens is 232 g/mol. The van der Waals surface area contributed by atoms with Gasteiger partial charge in [-0.2, -0.15) is 0 Å². The molecule has 0 unspecified atom stereocenters. The average Bonchev–Trinajstić information content (AvgIpc) is 2.36. The Morgan fingerprint density at radius 1 is 1.50 bits per heavy atom. The van der Waals surface area contributed by atoms with E-state index in [-0.39, 0.29) is 11.2 Å². The molecule has 0 aliphatic heterocycles. The fraction of sp³-hybridized carbons (Fsp3) is 0.583. The van der Waals surface area contributed by atoms with Crippen LogP contribution in [0.25, 0.3) is 0 Å². The van der Waals surface area contributed by atoms with Crippen LogP contribution < -0.4 is 10.2 Å². The Bertz CT molecular complexity index is 446. The minimum Gasteiger partial charge on any atom is -0.373 e. The Balaban J connectivity index is 3.23. The van der Waals surface area contributed by atoms with Gasteiger partial charge in [0.15, 0.2) is 0 Å². The monoisotopic (exact) mass is 252 g/mol. The molecule has 0 saturated carbocycles. The van der Waals surface area contributed by atoms with Crippen LogP contribution in [0.4, 0.5) is 17.3 Å². The maximum Gasteiger partial charge on any atom is 0.276 e. The van der Waals surface area contributed by atoms with Gasteiger partial charge in [0, 0.05) is 19.6 Å². The van der Waals surface area contributed by atoms with Gasteiger partial charge in [0.05, 0.1) is 17.1 Å². The van der Waals surface area contributed by atoms with Crippen LogP contribution in [0.3, 0.4) is 0 Å². The Labute approximate surface area is 107 Å². The van der Waals surface area contributed by atoms with Gasteiger partial charge in [-0.1, -0.05) is 6.92 Å². The first-order valence-electron chi connectivity index (χ1n) is 5.90. The van der Waals surface area contributed by atoms with Crippen LogP contribution in [-0.2, 0) is 0 Å². The van der Waals surface area contributed by atoms with Crippen molar-refractivity contribution < 1.29 is 4.92 Å². The van der Waals surface area contributed by atoms with Gasteiger partial charge >= 0.3 is 0 Å². The Morgan fingerprint density at radius 2 is 2.11 bits per heavy atom. The summed E-state index contributed by atoms with van der Waals surface area (Å²) in [6, 6.07) is 2.93. The standard InChI is InChI=1S/C12H20N4O2/c1-6-12(2,3)15(5)11-8-9(16(17)18)7-10(13-4)14-11/h7-8H,6H2,1-5H3,(H,13,14). The van der Waals surface area contributed by atoms with E-state index >= 15 is 0 Å². The Morgan fingerprint density at radius 3 is 2.56 bits per heavy atom. The summed E-state index contributed by atoms with van der Waals surface area (Å²) in [5, 5.41) is 13.7. The van der Waals surface area contributed by atoms with E-state index < -0.39 is 4.92 Å². The molecule has 18 heavy (non-hydrogen) atoms. The molecular formula is C12H20N4O2. The highest BCUT2D eigenvalue weighted by Crippen LogP contribution is 2.28. The summed E-state index contributed by atoms with van der Waals surface area (Å²) in [6.07, 6.45) is 0.919. The van der Waals surface area contributed by atoms with Crippen molar-refractivity contribution in [2.45, 2.75) is 32.7 Å². The predicted molar refractivity (Wildman–Crippen MR) is 73.2 cm³/mol. The molecule has 0 amide bonds. The van der Waals surface area contributed by atoms with E-state index in [9.17, 15) is 10.1 Å². The van der Waals surface area contributed by atoms with Crippen molar-refractivity contribution in [1.82, 2.24) is 4.98 Å². The van der Waals surface area contributed by atoms with Crippen molar-refractivity contribution in [1.29, 1.82) is 0 Å². The Kier molecular flexibility index (Phi) is 4.11. The molecule has 0 saturated heterocycles. The maximum absolute atomic E-state index is 10.9. The number of nitrogens with one attached hydrogen (secondary N) is 1. The quantitative estimate of drug-likeness (QED) is 0.644. The number of hydrogen-bond acceptors (Lipinski definition) is 5. The number of anilines is 2. The average molecular weight is 252 g/mol. The summed E-state index contributed by atoms with van der Waals surface area (Å²) in [5.41, 5.74) is -0.0594. The molecule has 0 aliphatic carbocycles. The first-order valence-corrected chi connectivity index (χ1v) is 5.90. The van der Waals surface area contributed by atoms with Gasteiger partial charge in [0.25, 0.3) is 5.69 Å². The fourth-order valence-electron chi connectivity index (χ4n) is 1.45. The third-order valence-corrected chi connectivity index (χ3v) is 3.38. The highest BCUT2D eigenvalue weighted by atomic mass is 16.6. The number of aromatic nitrogens is 1. The summed E-state index contributed by atoms with van der Waals surface area (Å²) in [7, 11) is 3.59. The van der Waals surface area contributed by atoms with Gasteiger partial charge in [0.1, 0.15) is 11.6 Å². The second-order valence-electron chi connectivity index (χ2n) is 4.80. The van der Waals surface area contributed by atoms with Crippen LogP contribution in [-0.4, -0.2) is 29.5 Å². The molecule has 0 atom stereocenters. The van der Waals surface area contributed by atoms with E-state index in [0.29, 0.717) is 11.6 Å². The number of nitrogens with zero attached hydrogens (tertiary/aromatic N) is 3. The topological polar surface area (TPSA) is 71.3 Å². The SMILES string of the molecule is CCC(C)(C)N(C)c1cc([N+](=O)[O-])cc(NC)n1. The third kappa shape index (κ3) is 2.88. The van der Waals surface area contributed by atoms with Crippen molar-refractivity contribution in [2.75, 3.05) is 24.3 Å². The molecule has 0 spiro atoms. The second-order valence-corrected chi connectivity index (χ2v) is 4.80. The van der Waals surface area contributed by atoms with E-state index in [1.54, 1.807) is 7.05 Å². The molecule has 1 heterocycles. The van der Waals surface area contributed by atoms with Crippen LogP contribution in [0.5, 0.6) is 0 Å². The minimum atomic E-state index is -0.404. The molecule has 0 aliphatic rings. The highest BCUT2D eigenvalue weighted by Gasteiger charge is 2.24. The van der Waals surface area contributed by atoms with E-state index in [0.717, 1.165) is 6.42 Å². The molecule has 0 bridgehead atoms. The lowest BCUT2D eigenvalue weighted by molar-refractivity contribution is -0.384. The number of hydrogen-bond donors (Lipinski definition) is 1. The van der Waals surface area contributed by atoms with Gasteiger partial charge in [-0.05, 0) is 20.3 Å². The third-order valence-electron chi connectivity index (χ3n) is 3.38. The maximum atomic E-state index is 10.9. The summed E-state index contributed by atoms with van der Waals surface area (Å²) in [5.74, 6) is 1.10. The molecule has 0 fully saturated rings. The molecule has 1 aromatic heterocycles. The molecule has 100 valence electrons. The number of rotatable bonds is 5. The van der Waals surface area contributed by atoms with Crippen molar-refractivity contribution >= 4 is 17.3 Å². The molecule has 1 rings (SSSR count). The largest absolute Gasteiger partial charge is 0.373 e. The van der Waals surface area contributed by atoms with Crippen molar-refractivity contribution in [3.05, 3.63) is 22.2 Å². The summed E-state index contributed by atoms with van der Waals surface area (Å²) in [4.78, 5) is 16.8. The molecule has 1 N–H and O–H groups in total. The molecule has 6 heteroatoms. The van der Waals surface area contributed by atoms with Gasteiger partial charge in [-0.15, -0.1) is 0 Å². The van der Waals surface area contributed by atoms with Gasteiger partial charge in [-0.3, -0.25) is 10.1 Å². The molecule has 6 nitrogen and oxygen atoms in total.